The molecule has 94 valence electrons. The molecule has 1 aliphatic rings. The number of ether oxygens (including phenoxy) is 2. The molecule has 0 saturated carbocycles. The average molecular weight is 238 g/mol. The van der Waals surface area contributed by atoms with Crippen molar-refractivity contribution in [3.05, 3.63) is 29.8 Å². The van der Waals surface area contributed by atoms with Crippen LogP contribution in [0.25, 0.3) is 0 Å². The number of benzene rings is 1. The van der Waals surface area contributed by atoms with Crippen molar-refractivity contribution in [1.82, 2.24) is 0 Å². The minimum Gasteiger partial charge on any atom is -0.508 e. The van der Waals surface area contributed by atoms with Crippen molar-refractivity contribution < 1.29 is 19.7 Å². The van der Waals surface area contributed by atoms with Gasteiger partial charge in [0.05, 0.1) is 12.7 Å². The van der Waals surface area contributed by atoms with Crippen LogP contribution in [0, 0.1) is 0 Å². The second-order valence-electron chi connectivity index (χ2n) is 4.54. The third-order valence-corrected chi connectivity index (χ3v) is 2.88. The molecule has 0 amide bonds. The summed E-state index contributed by atoms with van der Waals surface area (Å²) < 4.78 is 11.4. The van der Waals surface area contributed by atoms with Crippen LogP contribution in [-0.2, 0) is 15.9 Å². The van der Waals surface area contributed by atoms with Gasteiger partial charge >= 0.3 is 0 Å². The van der Waals surface area contributed by atoms with Gasteiger partial charge in [-0.2, -0.15) is 0 Å². The van der Waals surface area contributed by atoms with Gasteiger partial charge in [0.1, 0.15) is 5.75 Å². The Kier molecular flexibility index (Phi) is 3.66. The van der Waals surface area contributed by atoms with Gasteiger partial charge in [-0.15, -0.1) is 0 Å². The fourth-order valence-corrected chi connectivity index (χ4v) is 2.11. The van der Waals surface area contributed by atoms with Crippen molar-refractivity contribution in [2.24, 2.45) is 0 Å². The zero-order chi connectivity index (χ0) is 12.3. The average Bonchev–Trinajstić information content (AvgIpc) is 2.60. The lowest BCUT2D eigenvalue weighted by Crippen LogP contribution is -2.29. The molecule has 1 heterocycles. The summed E-state index contributed by atoms with van der Waals surface area (Å²) in [5.74, 6) is -0.413. The summed E-state index contributed by atoms with van der Waals surface area (Å²) in [7, 11) is 0. The molecule has 0 aliphatic carbocycles. The maximum absolute atomic E-state index is 9.39. The molecular weight excluding hydrogens is 220 g/mol. The standard InChI is InChI=1S/C13H18O4/c1-13(16-9-12(17-13)5-6-14)8-10-3-2-4-11(15)7-10/h2-4,7,12,14-15H,5-6,8-9H2,1H3. The first-order valence-corrected chi connectivity index (χ1v) is 5.82. The van der Waals surface area contributed by atoms with Gasteiger partial charge in [-0.05, 0) is 31.0 Å². The molecule has 2 rings (SSSR count). The van der Waals surface area contributed by atoms with E-state index in [1.165, 1.54) is 0 Å². The van der Waals surface area contributed by atoms with Gasteiger partial charge in [-0.1, -0.05) is 12.1 Å². The fourth-order valence-electron chi connectivity index (χ4n) is 2.11. The second kappa shape index (κ2) is 5.04. The number of aromatic hydroxyl groups is 1. The largest absolute Gasteiger partial charge is 0.508 e. The van der Waals surface area contributed by atoms with E-state index in [1.54, 1.807) is 18.2 Å². The van der Waals surface area contributed by atoms with E-state index in [9.17, 15) is 5.11 Å². The van der Waals surface area contributed by atoms with E-state index in [0.717, 1.165) is 5.56 Å². The van der Waals surface area contributed by atoms with E-state index in [1.807, 2.05) is 13.0 Å². The monoisotopic (exact) mass is 238 g/mol. The fraction of sp³-hybridized carbons (Fsp3) is 0.538. The minimum atomic E-state index is -0.659. The third-order valence-electron chi connectivity index (χ3n) is 2.88. The Morgan fingerprint density at radius 1 is 1.47 bits per heavy atom. The van der Waals surface area contributed by atoms with Gasteiger partial charge in [0.2, 0.25) is 0 Å². The summed E-state index contributed by atoms with van der Waals surface area (Å²) in [4.78, 5) is 0. The van der Waals surface area contributed by atoms with Gasteiger partial charge in [0, 0.05) is 13.0 Å². The van der Waals surface area contributed by atoms with E-state index in [2.05, 4.69) is 0 Å². The molecule has 2 atom stereocenters. The number of phenolic OH excluding ortho intramolecular Hbond substituents is 1. The first-order valence-electron chi connectivity index (χ1n) is 5.82. The van der Waals surface area contributed by atoms with Gasteiger partial charge in [-0.25, -0.2) is 0 Å². The molecule has 1 aromatic rings. The van der Waals surface area contributed by atoms with Gasteiger partial charge in [0.15, 0.2) is 5.79 Å². The Bertz CT molecular complexity index is 379. The van der Waals surface area contributed by atoms with Gasteiger partial charge in [0.25, 0.3) is 0 Å². The van der Waals surface area contributed by atoms with Crippen LogP contribution in [0.4, 0.5) is 0 Å². The molecular formula is C13H18O4. The lowest BCUT2D eigenvalue weighted by atomic mass is 10.1. The van der Waals surface area contributed by atoms with Crippen molar-refractivity contribution >= 4 is 0 Å². The molecule has 1 aromatic carbocycles. The van der Waals surface area contributed by atoms with Crippen LogP contribution in [0.1, 0.15) is 18.9 Å². The molecule has 4 heteroatoms. The van der Waals surface area contributed by atoms with Gasteiger partial charge < -0.3 is 19.7 Å². The van der Waals surface area contributed by atoms with Crippen molar-refractivity contribution in [2.45, 2.75) is 31.7 Å². The highest BCUT2D eigenvalue weighted by Gasteiger charge is 2.36. The molecule has 0 bridgehead atoms. The van der Waals surface area contributed by atoms with Crippen molar-refractivity contribution in [3.63, 3.8) is 0 Å². The number of hydrogen-bond acceptors (Lipinski definition) is 4. The Morgan fingerprint density at radius 3 is 3.00 bits per heavy atom. The molecule has 4 nitrogen and oxygen atoms in total. The summed E-state index contributed by atoms with van der Waals surface area (Å²) in [6, 6.07) is 7.07. The highest BCUT2D eigenvalue weighted by Crippen LogP contribution is 2.29. The van der Waals surface area contributed by atoms with Crippen LogP contribution in [0.3, 0.4) is 0 Å². The molecule has 1 saturated heterocycles. The molecule has 1 aliphatic heterocycles. The predicted octanol–water partition coefficient (Wildman–Crippen LogP) is 1.45. The van der Waals surface area contributed by atoms with E-state index >= 15 is 0 Å². The molecule has 1 fully saturated rings. The molecule has 17 heavy (non-hydrogen) atoms. The van der Waals surface area contributed by atoms with E-state index in [-0.39, 0.29) is 18.5 Å². The van der Waals surface area contributed by atoms with Crippen molar-refractivity contribution in [1.29, 1.82) is 0 Å². The maximum atomic E-state index is 9.39. The topological polar surface area (TPSA) is 58.9 Å². The second-order valence-corrected chi connectivity index (χ2v) is 4.54. The summed E-state index contributed by atoms with van der Waals surface area (Å²) in [6.07, 6.45) is 1.14. The smallest absolute Gasteiger partial charge is 0.170 e. The van der Waals surface area contributed by atoms with Crippen LogP contribution in [0.5, 0.6) is 5.75 Å². The zero-order valence-electron chi connectivity index (χ0n) is 9.93. The quantitative estimate of drug-likeness (QED) is 0.833. The first kappa shape index (κ1) is 12.4. The zero-order valence-corrected chi connectivity index (χ0v) is 9.93. The van der Waals surface area contributed by atoms with Crippen LogP contribution in [0.2, 0.25) is 0 Å². The van der Waals surface area contributed by atoms with Crippen LogP contribution >= 0.6 is 0 Å². The highest BCUT2D eigenvalue weighted by molar-refractivity contribution is 5.27. The Balaban J connectivity index is 1.99. The van der Waals surface area contributed by atoms with Gasteiger partial charge in [-0.3, -0.25) is 0 Å². The van der Waals surface area contributed by atoms with E-state index in [4.69, 9.17) is 14.6 Å². The summed E-state index contributed by atoms with van der Waals surface area (Å²) >= 11 is 0. The molecule has 0 radical (unpaired) electrons. The summed E-state index contributed by atoms with van der Waals surface area (Å²) in [6.45, 7) is 2.50. The number of aliphatic hydroxyl groups excluding tert-OH is 1. The Morgan fingerprint density at radius 2 is 2.29 bits per heavy atom. The van der Waals surface area contributed by atoms with Crippen molar-refractivity contribution in [3.8, 4) is 5.75 Å². The molecule has 2 unspecified atom stereocenters. The Labute approximate surface area is 101 Å². The molecule has 0 aromatic heterocycles. The maximum Gasteiger partial charge on any atom is 0.170 e. The highest BCUT2D eigenvalue weighted by atomic mass is 16.7. The van der Waals surface area contributed by atoms with Crippen LogP contribution < -0.4 is 0 Å². The van der Waals surface area contributed by atoms with E-state index in [0.29, 0.717) is 19.4 Å². The lowest BCUT2D eigenvalue weighted by molar-refractivity contribution is -0.153. The summed E-state index contributed by atoms with van der Waals surface area (Å²) in [5.41, 5.74) is 0.970. The number of rotatable bonds is 4. The summed E-state index contributed by atoms with van der Waals surface area (Å²) in [5, 5.41) is 18.2. The van der Waals surface area contributed by atoms with Crippen LogP contribution in [-0.4, -0.2) is 35.3 Å². The van der Waals surface area contributed by atoms with E-state index < -0.39 is 5.79 Å². The van der Waals surface area contributed by atoms with Crippen LogP contribution in [0.15, 0.2) is 24.3 Å². The normalized spacial score (nSPS) is 28.5. The minimum absolute atomic E-state index is 0.0395. The first-order chi connectivity index (χ1) is 8.11. The van der Waals surface area contributed by atoms with Crippen molar-refractivity contribution in [2.75, 3.05) is 13.2 Å². The Hall–Kier alpha value is -1.10. The lowest BCUT2D eigenvalue weighted by Gasteiger charge is -2.23. The molecule has 0 spiro atoms. The third kappa shape index (κ3) is 3.19. The number of phenols is 1. The number of hydrogen-bond donors (Lipinski definition) is 2. The number of aliphatic hydroxyl groups is 1. The predicted molar refractivity (Wildman–Crippen MR) is 62.7 cm³/mol. The molecule has 2 N–H and O–H groups in total. The SMILES string of the molecule is CC1(Cc2cccc(O)c2)OCC(CCO)O1.